The third-order valence-electron chi connectivity index (χ3n) is 2.00. The van der Waals surface area contributed by atoms with Gasteiger partial charge in [-0.25, -0.2) is 8.42 Å². The second-order valence-electron chi connectivity index (χ2n) is 3.25. The van der Waals surface area contributed by atoms with Gasteiger partial charge in [-0.05, 0) is 41.1 Å². The SMILES string of the molecule is CC(C(=O)O)S(=O)(=O)Nc1ccc(Cl)cc1Br. The first-order valence-corrected chi connectivity index (χ1v) is 7.15. The highest BCUT2D eigenvalue weighted by Gasteiger charge is 2.28. The fourth-order valence-corrected chi connectivity index (χ4v) is 2.79. The Morgan fingerprint density at radius 3 is 2.59 bits per heavy atom. The first kappa shape index (κ1) is 14.3. The molecule has 8 heteroatoms. The van der Waals surface area contributed by atoms with Crippen LogP contribution in [0.4, 0.5) is 5.69 Å². The zero-order valence-electron chi connectivity index (χ0n) is 8.65. The van der Waals surface area contributed by atoms with Crippen molar-refractivity contribution in [3.8, 4) is 0 Å². The Bertz CT molecular complexity index is 546. The number of sulfonamides is 1. The molecular weight excluding hydrogens is 334 g/mol. The molecule has 17 heavy (non-hydrogen) atoms. The lowest BCUT2D eigenvalue weighted by atomic mass is 10.3. The number of benzene rings is 1. The van der Waals surface area contributed by atoms with Crippen LogP contribution in [-0.4, -0.2) is 24.7 Å². The molecule has 0 amide bonds. The molecule has 94 valence electrons. The van der Waals surface area contributed by atoms with Gasteiger partial charge in [-0.1, -0.05) is 11.6 Å². The predicted octanol–water partition coefficient (Wildman–Crippen LogP) is 2.32. The number of aliphatic carboxylic acids is 1. The average molecular weight is 343 g/mol. The van der Waals surface area contributed by atoms with Gasteiger partial charge in [0.2, 0.25) is 10.0 Å². The van der Waals surface area contributed by atoms with Crippen molar-refractivity contribution in [2.24, 2.45) is 0 Å². The van der Waals surface area contributed by atoms with E-state index in [0.29, 0.717) is 9.50 Å². The van der Waals surface area contributed by atoms with E-state index in [1.54, 1.807) is 0 Å². The van der Waals surface area contributed by atoms with Gasteiger partial charge in [0.25, 0.3) is 0 Å². The lowest BCUT2D eigenvalue weighted by molar-refractivity contribution is -0.136. The van der Waals surface area contributed by atoms with Gasteiger partial charge in [0, 0.05) is 9.50 Å². The monoisotopic (exact) mass is 341 g/mol. The van der Waals surface area contributed by atoms with E-state index in [1.165, 1.54) is 18.2 Å². The Hall–Kier alpha value is -0.790. The van der Waals surface area contributed by atoms with Crippen molar-refractivity contribution in [2.45, 2.75) is 12.2 Å². The summed E-state index contributed by atoms with van der Waals surface area (Å²) >= 11 is 8.83. The van der Waals surface area contributed by atoms with Gasteiger partial charge >= 0.3 is 5.97 Å². The van der Waals surface area contributed by atoms with E-state index < -0.39 is 21.2 Å². The molecule has 1 aromatic rings. The topological polar surface area (TPSA) is 83.5 Å². The number of rotatable bonds is 4. The maximum absolute atomic E-state index is 11.6. The van der Waals surface area contributed by atoms with E-state index in [2.05, 4.69) is 20.7 Å². The van der Waals surface area contributed by atoms with E-state index >= 15 is 0 Å². The minimum Gasteiger partial charge on any atom is -0.480 e. The highest BCUT2D eigenvalue weighted by Crippen LogP contribution is 2.27. The molecule has 1 rings (SSSR count). The Morgan fingerprint density at radius 1 is 1.53 bits per heavy atom. The summed E-state index contributed by atoms with van der Waals surface area (Å²) in [6.07, 6.45) is 0. The fraction of sp³-hybridized carbons (Fsp3) is 0.222. The number of halogens is 2. The molecule has 0 bridgehead atoms. The van der Waals surface area contributed by atoms with Gasteiger partial charge in [-0.3, -0.25) is 9.52 Å². The molecule has 0 aliphatic rings. The molecule has 0 aromatic heterocycles. The van der Waals surface area contributed by atoms with Crippen LogP contribution in [-0.2, 0) is 14.8 Å². The first-order valence-electron chi connectivity index (χ1n) is 4.43. The van der Waals surface area contributed by atoms with Crippen LogP contribution in [0.25, 0.3) is 0 Å². The first-order chi connectivity index (χ1) is 7.74. The lowest BCUT2D eigenvalue weighted by Gasteiger charge is -2.12. The molecule has 1 aromatic carbocycles. The van der Waals surface area contributed by atoms with Crippen LogP contribution >= 0.6 is 27.5 Å². The second kappa shape index (κ2) is 5.24. The maximum atomic E-state index is 11.6. The van der Waals surface area contributed by atoms with Gasteiger partial charge in [-0.15, -0.1) is 0 Å². The van der Waals surface area contributed by atoms with Crippen LogP contribution in [0.15, 0.2) is 22.7 Å². The third kappa shape index (κ3) is 3.58. The molecule has 0 saturated heterocycles. The number of hydrogen-bond donors (Lipinski definition) is 2. The van der Waals surface area contributed by atoms with Crippen LogP contribution < -0.4 is 4.72 Å². The summed E-state index contributed by atoms with van der Waals surface area (Å²) in [5.41, 5.74) is 0.238. The number of nitrogens with one attached hydrogen (secondary N) is 1. The zero-order chi connectivity index (χ0) is 13.2. The molecule has 0 aliphatic heterocycles. The molecule has 0 fully saturated rings. The Labute approximate surface area is 112 Å². The summed E-state index contributed by atoms with van der Waals surface area (Å²) in [6, 6.07) is 4.44. The molecule has 0 radical (unpaired) electrons. The van der Waals surface area contributed by atoms with Crippen molar-refractivity contribution < 1.29 is 18.3 Å². The number of hydrogen-bond acceptors (Lipinski definition) is 3. The molecule has 1 atom stereocenters. The number of carboxylic acid groups (broad SMARTS) is 1. The van der Waals surface area contributed by atoms with Gasteiger partial charge in [0.1, 0.15) is 0 Å². The summed E-state index contributed by atoms with van der Waals surface area (Å²) in [5.74, 6) is -1.41. The molecule has 0 heterocycles. The Balaban J connectivity index is 3.02. The summed E-state index contributed by atoms with van der Waals surface area (Å²) < 4.78 is 25.9. The summed E-state index contributed by atoms with van der Waals surface area (Å²) in [7, 11) is -3.97. The van der Waals surface area contributed by atoms with E-state index in [9.17, 15) is 13.2 Å². The molecule has 0 aliphatic carbocycles. The molecule has 5 nitrogen and oxygen atoms in total. The lowest BCUT2D eigenvalue weighted by Crippen LogP contribution is -2.32. The predicted molar refractivity (Wildman–Crippen MR) is 68.8 cm³/mol. The van der Waals surface area contributed by atoms with Crippen LogP contribution in [0.2, 0.25) is 5.02 Å². The molecule has 0 saturated carbocycles. The average Bonchev–Trinajstić information content (AvgIpc) is 2.21. The van der Waals surface area contributed by atoms with Crippen LogP contribution in [0.3, 0.4) is 0 Å². The number of anilines is 1. The van der Waals surface area contributed by atoms with Crippen molar-refractivity contribution in [1.29, 1.82) is 0 Å². The summed E-state index contributed by atoms with van der Waals surface area (Å²) in [6.45, 7) is 1.09. The highest BCUT2D eigenvalue weighted by atomic mass is 79.9. The fourth-order valence-electron chi connectivity index (χ4n) is 0.947. The summed E-state index contributed by atoms with van der Waals surface area (Å²) in [4.78, 5) is 10.6. The van der Waals surface area contributed by atoms with Crippen molar-refractivity contribution in [2.75, 3.05) is 4.72 Å². The third-order valence-corrected chi connectivity index (χ3v) is 4.52. The number of carbonyl (C=O) groups is 1. The smallest absolute Gasteiger partial charge is 0.323 e. The van der Waals surface area contributed by atoms with E-state index in [0.717, 1.165) is 6.92 Å². The minimum absolute atomic E-state index is 0.238. The molecule has 1 unspecified atom stereocenters. The largest absolute Gasteiger partial charge is 0.480 e. The molecular formula is C9H9BrClNO4S. The minimum atomic E-state index is -3.97. The quantitative estimate of drug-likeness (QED) is 0.879. The standard InChI is InChI=1S/C9H9BrClNO4S/c1-5(9(13)14)17(15,16)12-8-3-2-6(11)4-7(8)10/h2-5,12H,1H3,(H,13,14). The van der Waals surface area contributed by atoms with Crippen molar-refractivity contribution in [3.05, 3.63) is 27.7 Å². The van der Waals surface area contributed by atoms with Gasteiger partial charge in [0.15, 0.2) is 5.25 Å². The van der Waals surface area contributed by atoms with Crippen LogP contribution in [0.5, 0.6) is 0 Å². The van der Waals surface area contributed by atoms with Gasteiger partial charge in [0.05, 0.1) is 5.69 Å². The van der Waals surface area contributed by atoms with E-state index in [-0.39, 0.29) is 5.69 Å². The van der Waals surface area contributed by atoms with E-state index in [1.807, 2.05) is 0 Å². The van der Waals surface area contributed by atoms with Crippen LogP contribution in [0.1, 0.15) is 6.92 Å². The van der Waals surface area contributed by atoms with Crippen molar-refractivity contribution in [1.82, 2.24) is 0 Å². The normalized spacial score (nSPS) is 13.1. The molecule has 0 spiro atoms. The summed E-state index contributed by atoms with van der Waals surface area (Å²) in [5, 5.41) is 7.56. The van der Waals surface area contributed by atoms with Gasteiger partial charge in [-0.2, -0.15) is 0 Å². The Morgan fingerprint density at radius 2 is 2.12 bits per heavy atom. The zero-order valence-corrected chi connectivity index (χ0v) is 11.8. The van der Waals surface area contributed by atoms with Gasteiger partial charge < -0.3 is 5.11 Å². The van der Waals surface area contributed by atoms with Crippen molar-refractivity contribution >= 4 is 49.2 Å². The van der Waals surface area contributed by atoms with Crippen molar-refractivity contribution in [3.63, 3.8) is 0 Å². The van der Waals surface area contributed by atoms with E-state index in [4.69, 9.17) is 16.7 Å². The second-order valence-corrected chi connectivity index (χ2v) is 6.54. The highest BCUT2D eigenvalue weighted by molar-refractivity contribution is 9.10. The maximum Gasteiger partial charge on any atom is 0.323 e. The number of carboxylic acids is 1. The molecule has 2 N–H and O–H groups in total. The Kier molecular flexibility index (Phi) is 4.40. The van der Waals surface area contributed by atoms with Crippen LogP contribution in [0, 0.1) is 0 Å².